The summed E-state index contributed by atoms with van der Waals surface area (Å²) in [5.41, 5.74) is 7.99. The van der Waals surface area contributed by atoms with Crippen LogP contribution in [0.3, 0.4) is 0 Å². The topological polar surface area (TPSA) is 35.2 Å². The van der Waals surface area contributed by atoms with E-state index in [9.17, 15) is 0 Å². The first-order valence-electron chi connectivity index (χ1n) is 6.42. The maximum atomic E-state index is 6.23. The average Bonchev–Trinajstić information content (AvgIpc) is 2.40. The second-order valence-electron chi connectivity index (χ2n) is 4.85. The normalized spacial score (nSPS) is 13.8. The van der Waals surface area contributed by atoms with Crippen LogP contribution >= 0.6 is 23.2 Å². The summed E-state index contributed by atoms with van der Waals surface area (Å²) in [6.45, 7) is 3.87. The van der Waals surface area contributed by atoms with Crippen LogP contribution in [-0.2, 0) is 0 Å². The zero-order valence-electron chi connectivity index (χ0n) is 11.4. The number of ether oxygens (including phenoxy) is 1. The van der Waals surface area contributed by atoms with Gasteiger partial charge < -0.3 is 10.5 Å². The van der Waals surface area contributed by atoms with Crippen molar-refractivity contribution in [3.63, 3.8) is 0 Å². The molecule has 20 heavy (non-hydrogen) atoms. The highest BCUT2D eigenvalue weighted by molar-refractivity contribution is 6.32. The molecule has 4 heteroatoms. The number of rotatable bonds is 4. The molecule has 0 fully saturated rings. The van der Waals surface area contributed by atoms with Crippen molar-refractivity contribution in [2.24, 2.45) is 5.73 Å². The fourth-order valence-electron chi connectivity index (χ4n) is 2.00. The Bertz CT molecular complexity index is 599. The van der Waals surface area contributed by atoms with Crippen LogP contribution in [0.25, 0.3) is 0 Å². The van der Waals surface area contributed by atoms with Crippen molar-refractivity contribution in [2.45, 2.75) is 26.0 Å². The molecule has 0 spiro atoms. The Balaban J connectivity index is 2.36. The lowest BCUT2D eigenvalue weighted by atomic mass is 10.0. The zero-order chi connectivity index (χ0) is 14.7. The molecule has 0 aliphatic rings. The van der Waals surface area contributed by atoms with Gasteiger partial charge in [-0.15, -0.1) is 0 Å². The van der Waals surface area contributed by atoms with Gasteiger partial charge in [-0.1, -0.05) is 47.5 Å². The quantitative estimate of drug-likeness (QED) is 0.883. The first kappa shape index (κ1) is 15.2. The number of nitrogens with two attached hydrogens (primary N) is 1. The summed E-state index contributed by atoms with van der Waals surface area (Å²) < 4.78 is 6.01. The molecule has 2 N–H and O–H groups in total. The minimum absolute atomic E-state index is 0.216. The lowest BCUT2D eigenvalue weighted by molar-refractivity contribution is 0.180. The summed E-state index contributed by atoms with van der Waals surface area (Å²) >= 11 is 12.4. The Morgan fingerprint density at radius 2 is 1.75 bits per heavy atom. The van der Waals surface area contributed by atoms with E-state index < -0.39 is 0 Å². The number of aryl methyl sites for hydroxylation is 1. The van der Waals surface area contributed by atoms with E-state index in [1.165, 1.54) is 0 Å². The van der Waals surface area contributed by atoms with Crippen LogP contribution in [0.1, 0.15) is 24.2 Å². The molecule has 2 nitrogen and oxygen atoms in total. The smallest absolute Gasteiger partial charge is 0.140 e. The van der Waals surface area contributed by atoms with Crippen molar-refractivity contribution in [1.29, 1.82) is 0 Å². The van der Waals surface area contributed by atoms with Crippen LogP contribution in [0.4, 0.5) is 0 Å². The van der Waals surface area contributed by atoms with Crippen LogP contribution in [0.2, 0.25) is 10.0 Å². The molecule has 0 aliphatic heterocycles. The monoisotopic (exact) mass is 309 g/mol. The van der Waals surface area contributed by atoms with Gasteiger partial charge >= 0.3 is 0 Å². The highest BCUT2D eigenvalue weighted by atomic mass is 35.5. The maximum Gasteiger partial charge on any atom is 0.140 e. The molecule has 0 heterocycles. The largest absolute Gasteiger partial charge is 0.482 e. The van der Waals surface area contributed by atoms with Gasteiger partial charge in [-0.2, -0.15) is 0 Å². The zero-order valence-corrected chi connectivity index (χ0v) is 12.9. The molecule has 0 aliphatic carbocycles. The Hall–Kier alpha value is -1.22. The van der Waals surface area contributed by atoms with Gasteiger partial charge in [-0.25, -0.2) is 0 Å². The molecular weight excluding hydrogens is 293 g/mol. The average molecular weight is 310 g/mol. The molecular formula is C16H17Cl2NO. The van der Waals surface area contributed by atoms with Crippen molar-refractivity contribution in [2.75, 3.05) is 0 Å². The lowest BCUT2D eigenvalue weighted by Gasteiger charge is -2.24. The summed E-state index contributed by atoms with van der Waals surface area (Å²) in [5, 5.41) is 1.20. The summed E-state index contributed by atoms with van der Waals surface area (Å²) in [6.07, 6.45) is -0.344. The molecule has 0 aromatic heterocycles. The van der Waals surface area contributed by atoms with Crippen molar-refractivity contribution in [3.05, 3.63) is 63.6 Å². The first-order chi connectivity index (χ1) is 9.49. The van der Waals surface area contributed by atoms with Crippen molar-refractivity contribution < 1.29 is 4.74 Å². The van der Waals surface area contributed by atoms with Crippen molar-refractivity contribution in [1.82, 2.24) is 0 Å². The van der Waals surface area contributed by atoms with E-state index in [1.807, 2.05) is 56.3 Å². The third-order valence-electron chi connectivity index (χ3n) is 3.03. The van der Waals surface area contributed by atoms with Crippen LogP contribution in [0, 0.1) is 6.92 Å². The molecule has 0 saturated heterocycles. The SMILES string of the molecule is Cc1ccc(Cl)c(OC(c2ccccc2Cl)C(C)N)c1. The maximum absolute atomic E-state index is 6.23. The van der Waals surface area contributed by atoms with Gasteiger partial charge in [0.1, 0.15) is 11.9 Å². The van der Waals surface area contributed by atoms with E-state index >= 15 is 0 Å². The summed E-state index contributed by atoms with van der Waals surface area (Å²) in [5.74, 6) is 0.619. The minimum Gasteiger partial charge on any atom is -0.482 e. The third-order valence-corrected chi connectivity index (χ3v) is 3.69. The molecule has 2 unspecified atom stereocenters. The molecule has 2 aromatic rings. The highest BCUT2D eigenvalue weighted by Gasteiger charge is 2.21. The van der Waals surface area contributed by atoms with Crippen LogP contribution in [0.5, 0.6) is 5.75 Å². The fourth-order valence-corrected chi connectivity index (χ4v) is 2.40. The van der Waals surface area contributed by atoms with Crippen LogP contribution in [0.15, 0.2) is 42.5 Å². The standard InChI is InChI=1S/C16H17Cl2NO/c1-10-7-8-14(18)15(9-10)20-16(11(2)19)12-5-3-4-6-13(12)17/h3-9,11,16H,19H2,1-2H3. The Morgan fingerprint density at radius 1 is 1.05 bits per heavy atom. The molecule has 0 amide bonds. The highest BCUT2D eigenvalue weighted by Crippen LogP contribution is 2.33. The van der Waals surface area contributed by atoms with Gasteiger partial charge in [0, 0.05) is 16.6 Å². The van der Waals surface area contributed by atoms with Gasteiger partial charge in [-0.3, -0.25) is 0 Å². The van der Waals surface area contributed by atoms with E-state index in [4.69, 9.17) is 33.7 Å². The Labute approximate surface area is 129 Å². The second-order valence-corrected chi connectivity index (χ2v) is 5.67. The predicted octanol–water partition coefficient (Wildman–Crippen LogP) is 4.77. The van der Waals surface area contributed by atoms with E-state index in [2.05, 4.69) is 0 Å². The van der Waals surface area contributed by atoms with Crippen LogP contribution in [-0.4, -0.2) is 6.04 Å². The number of halogens is 2. The Kier molecular flexibility index (Phi) is 4.92. The molecule has 2 rings (SSSR count). The van der Waals surface area contributed by atoms with Gasteiger partial charge in [0.05, 0.1) is 5.02 Å². The van der Waals surface area contributed by atoms with Gasteiger partial charge in [-0.05, 0) is 37.6 Å². The van der Waals surface area contributed by atoms with Crippen molar-refractivity contribution in [3.8, 4) is 5.75 Å². The summed E-state index contributed by atoms with van der Waals surface area (Å²) in [4.78, 5) is 0. The number of benzene rings is 2. The Morgan fingerprint density at radius 3 is 2.40 bits per heavy atom. The fraction of sp³-hybridized carbons (Fsp3) is 0.250. The molecule has 0 bridgehead atoms. The predicted molar refractivity (Wildman–Crippen MR) is 84.7 cm³/mol. The first-order valence-corrected chi connectivity index (χ1v) is 7.17. The molecule has 2 atom stereocenters. The molecule has 0 radical (unpaired) electrons. The summed E-state index contributed by atoms with van der Waals surface area (Å²) in [7, 11) is 0. The van der Waals surface area contributed by atoms with Gasteiger partial charge in [0.2, 0.25) is 0 Å². The van der Waals surface area contributed by atoms with Gasteiger partial charge in [0.15, 0.2) is 0 Å². The van der Waals surface area contributed by atoms with E-state index in [-0.39, 0.29) is 12.1 Å². The van der Waals surface area contributed by atoms with Gasteiger partial charge in [0.25, 0.3) is 0 Å². The van der Waals surface area contributed by atoms with Crippen molar-refractivity contribution >= 4 is 23.2 Å². The third kappa shape index (κ3) is 3.45. The lowest BCUT2D eigenvalue weighted by Crippen LogP contribution is -2.29. The molecule has 2 aromatic carbocycles. The van der Waals surface area contributed by atoms with Crippen LogP contribution < -0.4 is 10.5 Å². The van der Waals surface area contributed by atoms with E-state index in [0.29, 0.717) is 15.8 Å². The summed E-state index contributed by atoms with van der Waals surface area (Å²) in [6, 6.07) is 13.0. The minimum atomic E-state index is -0.344. The molecule has 0 saturated carbocycles. The van der Waals surface area contributed by atoms with E-state index in [0.717, 1.165) is 11.1 Å². The second kappa shape index (κ2) is 6.49. The number of hydrogen-bond acceptors (Lipinski definition) is 2. The number of hydrogen-bond donors (Lipinski definition) is 1. The molecule has 106 valence electrons. The van der Waals surface area contributed by atoms with E-state index in [1.54, 1.807) is 0 Å².